The Kier molecular flexibility index (Phi) is 3.85. The van der Waals surface area contributed by atoms with E-state index >= 15 is 0 Å². The molecule has 0 aliphatic heterocycles. The van der Waals surface area contributed by atoms with E-state index in [-0.39, 0.29) is 0 Å². The van der Waals surface area contributed by atoms with E-state index in [1.807, 2.05) is 18.2 Å². The standard InChI is InChI=1S/C16H19N3S/c1-11(2)16(14-8-5-9-20-14)17-10-15-18-12-6-3-4-7-13(12)19-15/h3-9,11,16-17H,10H2,1-2H3,(H,18,19). The van der Waals surface area contributed by atoms with E-state index in [0.29, 0.717) is 12.0 Å². The summed E-state index contributed by atoms with van der Waals surface area (Å²) in [6.07, 6.45) is 0. The lowest BCUT2D eigenvalue weighted by Gasteiger charge is -2.20. The number of hydrogen-bond acceptors (Lipinski definition) is 3. The molecular formula is C16H19N3S. The molecule has 2 heterocycles. The number of thiophene rings is 1. The van der Waals surface area contributed by atoms with Gasteiger partial charge in [-0.05, 0) is 29.5 Å². The van der Waals surface area contributed by atoms with Gasteiger partial charge < -0.3 is 10.3 Å². The van der Waals surface area contributed by atoms with Crippen molar-refractivity contribution < 1.29 is 0 Å². The highest BCUT2D eigenvalue weighted by molar-refractivity contribution is 7.10. The maximum absolute atomic E-state index is 4.61. The molecule has 0 aliphatic carbocycles. The topological polar surface area (TPSA) is 40.7 Å². The van der Waals surface area contributed by atoms with Crippen molar-refractivity contribution in [2.24, 2.45) is 5.92 Å². The van der Waals surface area contributed by atoms with E-state index in [9.17, 15) is 0 Å². The Labute approximate surface area is 123 Å². The van der Waals surface area contributed by atoms with Crippen molar-refractivity contribution in [3.05, 3.63) is 52.5 Å². The van der Waals surface area contributed by atoms with Crippen LogP contribution in [0.25, 0.3) is 11.0 Å². The van der Waals surface area contributed by atoms with Crippen LogP contribution in [-0.2, 0) is 6.54 Å². The second kappa shape index (κ2) is 5.77. The summed E-state index contributed by atoms with van der Waals surface area (Å²) < 4.78 is 0. The largest absolute Gasteiger partial charge is 0.341 e. The van der Waals surface area contributed by atoms with Crippen molar-refractivity contribution >= 4 is 22.4 Å². The Hall–Kier alpha value is -1.65. The Bertz CT molecular complexity index is 637. The number of nitrogens with one attached hydrogen (secondary N) is 2. The molecule has 1 unspecified atom stereocenters. The van der Waals surface area contributed by atoms with Gasteiger partial charge in [0.1, 0.15) is 5.82 Å². The van der Waals surface area contributed by atoms with Crippen molar-refractivity contribution in [1.82, 2.24) is 15.3 Å². The van der Waals surface area contributed by atoms with Crippen molar-refractivity contribution in [1.29, 1.82) is 0 Å². The molecular weight excluding hydrogens is 266 g/mol. The normalized spacial score (nSPS) is 13.2. The number of rotatable bonds is 5. The highest BCUT2D eigenvalue weighted by Gasteiger charge is 2.16. The minimum Gasteiger partial charge on any atom is -0.341 e. The zero-order valence-electron chi connectivity index (χ0n) is 11.8. The van der Waals surface area contributed by atoms with E-state index in [1.165, 1.54) is 4.88 Å². The Morgan fingerprint density at radius 3 is 2.75 bits per heavy atom. The molecule has 0 saturated carbocycles. The molecule has 2 N–H and O–H groups in total. The summed E-state index contributed by atoms with van der Waals surface area (Å²) in [6, 6.07) is 12.8. The molecule has 0 fully saturated rings. The minimum atomic E-state index is 0.378. The molecule has 0 amide bonds. The number of fused-ring (bicyclic) bond motifs is 1. The molecule has 1 atom stereocenters. The second-order valence-corrected chi connectivity index (χ2v) is 6.30. The van der Waals surface area contributed by atoms with E-state index in [0.717, 1.165) is 23.4 Å². The van der Waals surface area contributed by atoms with E-state index in [4.69, 9.17) is 0 Å². The number of nitrogens with zero attached hydrogens (tertiary/aromatic N) is 1. The van der Waals surface area contributed by atoms with Gasteiger partial charge >= 0.3 is 0 Å². The number of hydrogen-bond donors (Lipinski definition) is 2. The first-order chi connectivity index (χ1) is 9.74. The van der Waals surface area contributed by atoms with Gasteiger partial charge in [0.15, 0.2) is 0 Å². The number of imidazole rings is 1. The number of aromatic amines is 1. The minimum absolute atomic E-state index is 0.378. The summed E-state index contributed by atoms with van der Waals surface area (Å²) in [5.74, 6) is 1.55. The maximum Gasteiger partial charge on any atom is 0.121 e. The van der Waals surface area contributed by atoms with Crippen molar-refractivity contribution in [2.45, 2.75) is 26.4 Å². The molecule has 0 spiro atoms. The van der Waals surface area contributed by atoms with Crippen LogP contribution in [0.15, 0.2) is 41.8 Å². The molecule has 2 aromatic heterocycles. The van der Waals surface area contributed by atoms with Crippen LogP contribution in [0.1, 0.15) is 30.6 Å². The van der Waals surface area contributed by atoms with E-state index in [2.05, 4.69) is 52.7 Å². The lowest BCUT2D eigenvalue weighted by atomic mass is 10.0. The summed E-state index contributed by atoms with van der Waals surface area (Å²) in [7, 11) is 0. The van der Waals surface area contributed by atoms with Gasteiger partial charge in [-0.2, -0.15) is 0 Å². The van der Waals surface area contributed by atoms with Crippen molar-refractivity contribution in [2.75, 3.05) is 0 Å². The lowest BCUT2D eigenvalue weighted by molar-refractivity contribution is 0.412. The van der Waals surface area contributed by atoms with Gasteiger partial charge in [-0.25, -0.2) is 4.98 Å². The maximum atomic E-state index is 4.61. The molecule has 0 saturated heterocycles. The molecule has 104 valence electrons. The van der Waals surface area contributed by atoms with Gasteiger partial charge in [0, 0.05) is 10.9 Å². The molecule has 4 heteroatoms. The molecule has 0 radical (unpaired) electrons. The van der Waals surface area contributed by atoms with Crippen LogP contribution in [0, 0.1) is 5.92 Å². The van der Waals surface area contributed by atoms with Crippen LogP contribution in [0.2, 0.25) is 0 Å². The van der Waals surface area contributed by atoms with Crippen LogP contribution < -0.4 is 5.32 Å². The van der Waals surface area contributed by atoms with Crippen LogP contribution in [-0.4, -0.2) is 9.97 Å². The van der Waals surface area contributed by atoms with Crippen LogP contribution in [0.4, 0.5) is 0 Å². The van der Waals surface area contributed by atoms with Gasteiger partial charge in [0.2, 0.25) is 0 Å². The zero-order chi connectivity index (χ0) is 13.9. The quantitative estimate of drug-likeness (QED) is 0.740. The molecule has 3 aromatic rings. The van der Waals surface area contributed by atoms with E-state index < -0.39 is 0 Å². The lowest BCUT2D eigenvalue weighted by Crippen LogP contribution is -2.25. The average Bonchev–Trinajstić information content (AvgIpc) is 3.06. The number of aromatic nitrogens is 2. The number of H-pyrrole nitrogens is 1. The molecule has 1 aromatic carbocycles. The molecule has 0 bridgehead atoms. The third kappa shape index (κ3) is 2.76. The highest BCUT2D eigenvalue weighted by Crippen LogP contribution is 2.26. The smallest absolute Gasteiger partial charge is 0.121 e. The summed E-state index contributed by atoms with van der Waals surface area (Å²) in [6.45, 7) is 5.25. The Morgan fingerprint density at radius 2 is 2.05 bits per heavy atom. The van der Waals surface area contributed by atoms with E-state index in [1.54, 1.807) is 11.3 Å². The average molecular weight is 285 g/mol. The molecule has 20 heavy (non-hydrogen) atoms. The summed E-state index contributed by atoms with van der Waals surface area (Å²) in [5.41, 5.74) is 2.13. The molecule has 0 aliphatic rings. The Morgan fingerprint density at radius 1 is 1.20 bits per heavy atom. The van der Waals surface area contributed by atoms with Crippen molar-refractivity contribution in [3.63, 3.8) is 0 Å². The number of benzene rings is 1. The summed E-state index contributed by atoms with van der Waals surface area (Å²) >= 11 is 1.81. The SMILES string of the molecule is CC(C)C(NCc1nc2ccccc2[nH]1)c1cccs1. The number of para-hydroxylation sites is 2. The molecule has 3 rings (SSSR count). The summed E-state index contributed by atoms with van der Waals surface area (Å²) in [5, 5.41) is 5.75. The Balaban J connectivity index is 1.74. The fourth-order valence-corrected chi connectivity index (χ4v) is 3.40. The summed E-state index contributed by atoms with van der Waals surface area (Å²) in [4.78, 5) is 9.36. The third-order valence-corrected chi connectivity index (χ3v) is 4.40. The predicted molar refractivity (Wildman–Crippen MR) is 84.8 cm³/mol. The second-order valence-electron chi connectivity index (χ2n) is 5.32. The fraction of sp³-hybridized carbons (Fsp3) is 0.312. The highest BCUT2D eigenvalue weighted by atomic mass is 32.1. The van der Waals surface area contributed by atoms with Gasteiger partial charge in [-0.15, -0.1) is 11.3 Å². The first-order valence-corrected chi connectivity index (χ1v) is 7.82. The fourth-order valence-electron chi connectivity index (χ4n) is 2.43. The van der Waals surface area contributed by atoms with Crippen molar-refractivity contribution in [3.8, 4) is 0 Å². The predicted octanol–water partition coefficient (Wildman–Crippen LogP) is 4.11. The zero-order valence-corrected chi connectivity index (χ0v) is 12.6. The third-order valence-electron chi connectivity index (χ3n) is 3.44. The van der Waals surface area contributed by atoms with Crippen LogP contribution >= 0.6 is 11.3 Å². The van der Waals surface area contributed by atoms with Crippen LogP contribution in [0.3, 0.4) is 0 Å². The first kappa shape index (κ1) is 13.3. The first-order valence-electron chi connectivity index (χ1n) is 6.94. The van der Waals surface area contributed by atoms with Gasteiger partial charge in [0.25, 0.3) is 0 Å². The van der Waals surface area contributed by atoms with Crippen LogP contribution in [0.5, 0.6) is 0 Å². The van der Waals surface area contributed by atoms with Gasteiger partial charge in [0.05, 0.1) is 17.6 Å². The molecule has 3 nitrogen and oxygen atoms in total. The van der Waals surface area contributed by atoms with Gasteiger partial charge in [-0.3, -0.25) is 0 Å². The monoisotopic (exact) mass is 285 g/mol. The van der Waals surface area contributed by atoms with Gasteiger partial charge in [-0.1, -0.05) is 32.0 Å².